The third-order valence-electron chi connectivity index (χ3n) is 4.52. The summed E-state index contributed by atoms with van der Waals surface area (Å²) in [5, 5.41) is 6.89. The summed E-state index contributed by atoms with van der Waals surface area (Å²) in [6, 6.07) is 25.6. The van der Waals surface area contributed by atoms with E-state index in [4.69, 9.17) is 14.6 Å². The average molecular weight is 376 g/mol. The first kappa shape index (κ1) is 21.2. The van der Waals surface area contributed by atoms with Crippen LogP contribution in [-0.4, -0.2) is 18.2 Å². The van der Waals surface area contributed by atoms with Gasteiger partial charge < -0.3 is 9.84 Å². The molecule has 146 valence electrons. The number of rotatable bonds is 7. The number of unbranched alkanes of at least 4 members (excludes halogenated alkanes) is 2. The van der Waals surface area contributed by atoms with Crippen molar-refractivity contribution in [3.63, 3.8) is 0 Å². The van der Waals surface area contributed by atoms with Crippen LogP contribution in [0.2, 0.25) is 0 Å². The minimum Gasteiger partial charge on any atom is -0.494 e. The van der Waals surface area contributed by atoms with Crippen molar-refractivity contribution in [2.24, 2.45) is 0 Å². The van der Waals surface area contributed by atoms with E-state index in [9.17, 15) is 0 Å². The predicted octanol–water partition coefficient (Wildman–Crippen LogP) is 6.60. The average Bonchev–Trinajstić information content (AvgIpc) is 2.72. The Kier molecular flexibility index (Phi) is 8.80. The van der Waals surface area contributed by atoms with Crippen LogP contribution in [0.5, 0.6) is 5.75 Å². The van der Waals surface area contributed by atoms with Gasteiger partial charge >= 0.3 is 0 Å². The van der Waals surface area contributed by atoms with Gasteiger partial charge in [-0.05, 0) is 53.3 Å². The van der Waals surface area contributed by atoms with Crippen LogP contribution in [-0.2, 0) is 4.79 Å². The molecule has 0 aromatic heterocycles. The molecule has 0 bridgehead atoms. The highest BCUT2D eigenvalue weighted by Gasteiger charge is 2.09. The highest BCUT2D eigenvalue weighted by molar-refractivity contribution is 5.85. The number of hydrogen-bond donors (Lipinski definition) is 1. The summed E-state index contributed by atoms with van der Waals surface area (Å²) in [6.07, 6.45) is 3.55. The minimum atomic E-state index is -0.250. The maximum atomic E-state index is 8.36. The fourth-order valence-corrected chi connectivity index (χ4v) is 3.14. The van der Waals surface area contributed by atoms with Crippen molar-refractivity contribution in [2.45, 2.75) is 33.1 Å². The Hall–Kier alpha value is -3.07. The SMILES string of the molecule is CCCCCOc1cccc(-c2ccccc2-c2ccccc2C)c1.O=CO. The van der Waals surface area contributed by atoms with Gasteiger partial charge in [0.25, 0.3) is 6.47 Å². The molecular weight excluding hydrogens is 348 g/mol. The second kappa shape index (κ2) is 11.6. The Morgan fingerprint density at radius 2 is 1.50 bits per heavy atom. The molecule has 0 radical (unpaired) electrons. The van der Waals surface area contributed by atoms with Crippen LogP contribution in [0.3, 0.4) is 0 Å². The van der Waals surface area contributed by atoms with Gasteiger partial charge in [0.2, 0.25) is 0 Å². The normalized spacial score (nSPS) is 9.93. The van der Waals surface area contributed by atoms with Crippen molar-refractivity contribution in [2.75, 3.05) is 6.61 Å². The van der Waals surface area contributed by atoms with Crippen LogP contribution in [0.4, 0.5) is 0 Å². The van der Waals surface area contributed by atoms with Crippen molar-refractivity contribution >= 4 is 6.47 Å². The molecule has 0 aliphatic carbocycles. The van der Waals surface area contributed by atoms with Crippen molar-refractivity contribution in [1.29, 1.82) is 0 Å². The lowest BCUT2D eigenvalue weighted by molar-refractivity contribution is -0.122. The summed E-state index contributed by atoms with van der Waals surface area (Å²) in [5.74, 6) is 0.952. The highest BCUT2D eigenvalue weighted by Crippen LogP contribution is 2.34. The Labute approximate surface area is 167 Å². The van der Waals surface area contributed by atoms with Gasteiger partial charge in [-0.15, -0.1) is 0 Å². The van der Waals surface area contributed by atoms with Gasteiger partial charge in [0.15, 0.2) is 0 Å². The number of ether oxygens (including phenoxy) is 1. The van der Waals surface area contributed by atoms with Gasteiger partial charge in [-0.2, -0.15) is 0 Å². The summed E-state index contributed by atoms with van der Waals surface area (Å²) >= 11 is 0. The monoisotopic (exact) mass is 376 g/mol. The Morgan fingerprint density at radius 3 is 2.18 bits per heavy atom. The van der Waals surface area contributed by atoms with E-state index in [0.717, 1.165) is 18.8 Å². The van der Waals surface area contributed by atoms with Gasteiger partial charge in [-0.1, -0.05) is 80.4 Å². The first-order valence-electron chi connectivity index (χ1n) is 9.67. The van der Waals surface area contributed by atoms with E-state index in [2.05, 4.69) is 80.6 Å². The molecule has 0 fully saturated rings. The van der Waals surface area contributed by atoms with Crippen LogP contribution in [0.1, 0.15) is 31.7 Å². The number of carbonyl (C=O) groups is 1. The van der Waals surface area contributed by atoms with E-state index in [-0.39, 0.29) is 6.47 Å². The third kappa shape index (κ3) is 5.98. The molecule has 3 heteroatoms. The fraction of sp³-hybridized carbons (Fsp3) is 0.240. The first-order chi connectivity index (χ1) is 13.7. The van der Waals surface area contributed by atoms with E-state index in [0.29, 0.717) is 0 Å². The largest absolute Gasteiger partial charge is 0.494 e. The molecular formula is C25H28O3. The summed E-state index contributed by atoms with van der Waals surface area (Å²) in [6.45, 7) is 4.92. The zero-order valence-electron chi connectivity index (χ0n) is 16.6. The highest BCUT2D eigenvalue weighted by atomic mass is 16.5. The summed E-state index contributed by atoms with van der Waals surface area (Å²) < 4.78 is 5.94. The van der Waals surface area contributed by atoms with Crippen molar-refractivity contribution in [3.05, 3.63) is 78.4 Å². The maximum absolute atomic E-state index is 8.36. The first-order valence-corrected chi connectivity index (χ1v) is 9.67. The summed E-state index contributed by atoms with van der Waals surface area (Å²) in [4.78, 5) is 8.36. The topological polar surface area (TPSA) is 46.5 Å². The van der Waals surface area contributed by atoms with E-state index in [1.54, 1.807) is 0 Å². The molecule has 0 amide bonds. The lowest BCUT2D eigenvalue weighted by Crippen LogP contribution is -1.97. The molecule has 3 aromatic rings. The lowest BCUT2D eigenvalue weighted by atomic mass is 9.92. The fourth-order valence-electron chi connectivity index (χ4n) is 3.14. The Bertz CT molecular complexity index is 871. The number of carboxylic acid groups (broad SMARTS) is 1. The molecule has 28 heavy (non-hydrogen) atoms. The predicted molar refractivity (Wildman–Crippen MR) is 116 cm³/mol. The molecule has 0 heterocycles. The number of hydrogen-bond acceptors (Lipinski definition) is 2. The smallest absolute Gasteiger partial charge is 0.290 e. The van der Waals surface area contributed by atoms with Gasteiger partial charge in [0.05, 0.1) is 6.61 Å². The van der Waals surface area contributed by atoms with Crippen LogP contribution < -0.4 is 4.74 Å². The molecule has 0 atom stereocenters. The molecule has 0 saturated carbocycles. The molecule has 0 aliphatic heterocycles. The third-order valence-corrected chi connectivity index (χ3v) is 4.52. The van der Waals surface area contributed by atoms with Crippen LogP contribution >= 0.6 is 0 Å². The molecule has 3 nitrogen and oxygen atoms in total. The standard InChI is InChI=1S/C24H26O.CH2O2/c1-3-4-9-17-25-21-13-10-12-20(18-21)23-15-7-8-16-24(23)22-14-6-5-11-19(22)2;2-1-3/h5-8,10-16,18H,3-4,9,17H2,1-2H3;1H,(H,2,3). The molecule has 1 N–H and O–H groups in total. The Balaban J connectivity index is 0.000000878. The van der Waals surface area contributed by atoms with E-state index >= 15 is 0 Å². The maximum Gasteiger partial charge on any atom is 0.290 e. The van der Waals surface area contributed by atoms with Crippen molar-refractivity contribution in [3.8, 4) is 28.0 Å². The van der Waals surface area contributed by atoms with Crippen LogP contribution in [0.25, 0.3) is 22.3 Å². The molecule has 3 rings (SSSR count). The molecule has 3 aromatic carbocycles. The van der Waals surface area contributed by atoms with Gasteiger partial charge in [-0.25, -0.2) is 0 Å². The second-order valence-electron chi connectivity index (χ2n) is 6.55. The molecule has 0 spiro atoms. The molecule has 0 saturated heterocycles. The van der Waals surface area contributed by atoms with Gasteiger partial charge in [-0.3, -0.25) is 4.79 Å². The Morgan fingerprint density at radius 1 is 0.857 bits per heavy atom. The second-order valence-corrected chi connectivity index (χ2v) is 6.55. The quantitative estimate of drug-likeness (QED) is 0.373. The molecule has 0 unspecified atom stereocenters. The molecule has 0 aliphatic rings. The van der Waals surface area contributed by atoms with Gasteiger partial charge in [0.1, 0.15) is 5.75 Å². The summed E-state index contributed by atoms with van der Waals surface area (Å²) in [5.41, 5.74) is 6.29. The van der Waals surface area contributed by atoms with E-state index in [1.165, 1.54) is 40.7 Å². The zero-order chi connectivity index (χ0) is 20.2. The van der Waals surface area contributed by atoms with Crippen molar-refractivity contribution in [1.82, 2.24) is 0 Å². The van der Waals surface area contributed by atoms with E-state index < -0.39 is 0 Å². The van der Waals surface area contributed by atoms with Gasteiger partial charge in [0, 0.05) is 0 Å². The lowest BCUT2D eigenvalue weighted by Gasteiger charge is -2.13. The van der Waals surface area contributed by atoms with Crippen LogP contribution in [0.15, 0.2) is 72.8 Å². The van der Waals surface area contributed by atoms with E-state index in [1.807, 2.05) is 6.07 Å². The van der Waals surface area contributed by atoms with Crippen LogP contribution in [0, 0.1) is 6.92 Å². The number of aryl methyl sites for hydroxylation is 1. The minimum absolute atomic E-state index is 0.250. The zero-order valence-corrected chi connectivity index (χ0v) is 16.6. The number of benzene rings is 3. The summed E-state index contributed by atoms with van der Waals surface area (Å²) in [7, 11) is 0. The van der Waals surface area contributed by atoms with Crippen molar-refractivity contribution < 1.29 is 14.6 Å².